The quantitative estimate of drug-likeness (QED) is 0.767. The van der Waals surface area contributed by atoms with E-state index in [1.165, 1.54) is 15.9 Å². The van der Waals surface area contributed by atoms with E-state index in [0.717, 1.165) is 5.56 Å². The molecule has 0 spiro atoms. The molecule has 7 nitrogen and oxygen atoms in total. The number of carbonyl (C=O) groups excluding carboxylic acids is 1. The standard InChI is InChI=1S/C19H18N2O5/c22-15-7-3-4-11-8-9-20(19(25)26)14(16(11)15)10-21-17(23)12-5-1-2-6-13(12)18(21)24/h1-7,14,17,22-23H,8-10H2,(H,25,26)/t14-,17?/m1/s1. The maximum absolute atomic E-state index is 12.7. The van der Waals surface area contributed by atoms with E-state index in [4.69, 9.17) is 0 Å². The highest BCUT2D eigenvalue weighted by Crippen LogP contribution is 2.40. The van der Waals surface area contributed by atoms with Crippen molar-refractivity contribution in [2.24, 2.45) is 0 Å². The molecule has 4 rings (SSSR count). The molecule has 1 unspecified atom stereocenters. The van der Waals surface area contributed by atoms with Gasteiger partial charge in [0.05, 0.1) is 6.04 Å². The van der Waals surface area contributed by atoms with Gasteiger partial charge in [0.1, 0.15) is 5.75 Å². The number of fused-ring (bicyclic) bond motifs is 2. The first kappa shape index (κ1) is 16.4. The van der Waals surface area contributed by atoms with Crippen LogP contribution in [0.25, 0.3) is 0 Å². The number of benzene rings is 2. The number of rotatable bonds is 2. The molecule has 0 radical (unpaired) electrons. The predicted molar refractivity (Wildman–Crippen MR) is 91.7 cm³/mol. The number of carboxylic acid groups (broad SMARTS) is 1. The lowest BCUT2D eigenvalue weighted by molar-refractivity contribution is 0.00298. The summed E-state index contributed by atoms with van der Waals surface area (Å²) in [6.07, 6.45) is -1.77. The third-order valence-electron chi connectivity index (χ3n) is 5.15. The summed E-state index contributed by atoms with van der Waals surface area (Å²) in [5, 5.41) is 30.5. The van der Waals surface area contributed by atoms with Crippen molar-refractivity contribution < 1.29 is 24.9 Å². The number of phenols is 1. The number of hydrogen-bond acceptors (Lipinski definition) is 4. The van der Waals surface area contributed by atoms with Crippen molar-refractivity contribution in [2.45, 2.75) is 18.7 Å². The van der Waals surface area contributed by atoms with Crippen molar-refractivity contribution in [3.05, 3.63) is 64.7 Å². The number of hydrogen-bond donors (Lipinski definition) is 3. The molecular formula is C19H18N2O5. The number of aromatic hydroxyl groups is 1. The molecule has 2 atom stereocenters. The summed E-state index contributed by atoms with van der Waals surface area (Å²) in [5.41, 5.74) is 2.27. The Balaban J connectivity index is 1.73. The van der Waals surface area contributed by atoms with Gasteiger partial charge in [-0.3, -0.25) is 9.69 Å². The fourth-order valence-corrected chi connectivity index (χ4v) is 3.89. The van der Waals surface area contributed by atoms with Gasteiger partial charge >= 0.3 is 6.09 Å². The monoisotopic (exact) mass is 354 g/mol. The number of aliphatic hydroxyl groups excluding tert-OH is 1. The minimum atomic E-state index is -1.13. The van der Waals surface area contributed by atoms with Crippen LogP contribution in [-0.4, -0.2) is 50.2 Å². The van der Waals surface area contributed by atoms with Gasteiger partial charge in [0.15, 0.2) is 6.23 Å². The molecule has 0 aromatic heterocycles. The van der Waals surface area contributed by atoms with E-state index < -0.39 is 18.4 Å². The van der Waals surface area contributed by atoms with Crippen molar-refractivity contribution in [3.63, 3.8) is 0 Å². The summed E-state index contributed by atoms with van der Waals surface area (Å²) in [6, 6.07) is 11.1. The van der Waals surface area contributed by atoms with Crippen LogP contribution in [0, 0.1) is 0 Å². The molecule has 0 fully saturated rings. The smallest absolute Gasteiger partial charge is 0.407 e. The van der Waals surface area contributed by atoms with E-state index in [1.54, 1.807) is 30.3 Å². The Labute approximate surface area is 149 Å². The van der Waals surface area contributed by atoms with Crippen LogP contribution >= 0.6 is 0 Å². The molecule has 0 saturated carbocycles. The van der Waals surface area contributed by atoms with Gasteiger partial charge in [-0.05, 0) is 24.1 Å². The predicted octanol–water partition coefficient (Wildman–Crippen LogP) is 2.12. The largest absolute Gasteiger partial charge is 0.508 e. The SMILES string of the molecule is O=C1c2ccccc2C(O)N1C[C@@H]1c2c(O)cccc2CCN1C(=O)O. The molecule has 2 aromatic rings. The van der Waals surface area contributed by atoms with Gasteiger partial charge in [-0.2, -0.15) is 0 Å². The molecule has 134 valence electrons. The number of phenolic OH excluding ortho intramolecular Hbond substituents is 1. The second-order valence-electron chi connectivity index (χ2n) is 6.51. The molecule has 7 heteroatoms. The number of carbonyl (C=O) groups is 2. The minimum Gasteiger partial charge on any atom is -0.508 e. The van der Waals surface area contributed by atoms with E-state index >= 15 is 0 Å². The first-order chi connectivity index (χ1) is 12.5. The highest BCUT2D eigenvalue weighted by Gasteiger charge is 2.41. The summed E-state index contributed by atoms with van der Waals surface area (Å²) in [6.45, 7) is 0.229. The third-order valence-corrected chi connectivity index (χ3v) is 5.15. The van der Waals surface area contributed by atoms with Crippen LogP contribution in [-0.2, 0) is 6.42 Å². The van der Waals surface area contributed by atoms with E-state index in [-0.39, 0.29) is 24.7 Å². The zero-order valence-electron chi connectivity index (χ0n) is 13.9. The van der Waals surface area contributed by atoms with Gasteiger partial charge in [0, 0.05) is 29.8 Å². The lowest BCUT2D eigenvalue weighted by Gasteiger charge is -2.38. The van der Waals surface area contributed by atoms with Crippen molar-refractivity contribution >= 4 is 12.0 Å². The van der Waals surface area contributed by atoms with Gasteiger partial charge in [-0.1, -0.05) is 30.3 Å². The highest BCUT2D eigenvalue weighted by atomic mass is 16.4. The molecule has 2 aliphatic rings. The van der Waals surface area contributed by atoms with Crippen LogP contribution in [0.1, 0.15) is 39.3 Å². The Kier molecular flexibility index (Phi) is 3.81. The van der Waals surface area contributed by atoms with Crippen LogP contribution in [0.5, 0.6) is 5.75 Å². The maximum Gasteiger partial charge on any atom is 0.407 e. The minimum absolute atomic E-state index is 0.00269. The summed E-state index contributed by atoms with van der Waals surface area (Å²) in [5.74, 6) is -0.349. The first-order valence-electron chi connectivity index (χ1n) is 8.37. The van der Waals surface area contributed by atoms with E-state index in [2.05, 4.69) is 0 Å². The molecule has 2 amide bonds. The number of nitrogens with zero attached hydrogens (tertiary/aromatic N) is 2. The molecule has 3 N–H and O–H groups in total. The molecule has 2 heterocycles. The van der Waals surface area contributed by atoms with Crippen LogP contribution in [0.3, 0.4) is 0 Å². The van der Waals surface area contributed by atoms with Crippen LogP contribution in [0.15, 0.2) is 42.5 Å². The van der Waals surface area contributed by atoms with Gasteiger partial charge in [0.2, 0.25) is 0 Å². The Bertz CT molecular complexity index is 897. The lowest BCUT2D eigenvalue weighted by atomic mass is 9.91. The zero-order valence-corrected chi connectivity index (χ0v) is 13.9. The van der Waals surface area contributed by atoms with Crippen molar-refractivity contribution in [3.8, 4) is 5.75 Å². The molecule has 0 bridgehead atoms. The first-order valence-corrected chi connectivity index (χ1v) is 8.37. The van der Waals surface area contributed by atoms with Gasteiger partial charge in [-0.25, -0.2) is 4.79 Å². The Morgan fingerprint density at radius 1 is 1.15 bits per heavy atom. The average molecular weight is 354 g/mol. The van der Waals surface area contributed by atoms with E-state index in [9.17, 15) is 24.9 Å². The van der Waals surface area contributed by atoms with Crippen molar-refractivity contribution in [1.29, 1.82) is 0 Å². The summed E-state index contributed by atoms with van der Waals surface area (Å²) < 4.78 is 0. The van der Waals surface area contributed by atoms with E-state index in [0.29, 0.717) is 23.1 Å². The molecule has 0 aliphatic carbocycles. The van der Waals surface area contributed by atoms with Gasteiger partial charge < -0.3 is 20.2 Å². The maximum atomic E-state index is 12.7. The average Bonchev–Trinajstić information content (AvgIpc) is 2.87. The molecule has 26 heavy (non-hydrogen) atoms. The summed E-state index contributed by atoms with van der Waals surface area (Å²) in [7, 11) is 0. The van der Waals surface area contributed by atoms with Crippen LogP contribution < -0.4 is 0 Å². The molecule has 0 saturated heterocycles. The molecule has 2 aliphatic heterocycles. The highest BCUT2D eigenvalue weighted by molar-refractivity contribution is 5.99. The normalized spacial score (nSPS) is 21.5. The number of aliphatic hydroxyl groups is 1. The second-order valence-corrected chi connectivity index (χ2v) is 6.51. The summed E-state index contributed by atoms with van der Waals surface area (Å²) >= 11 is 0. The van der Waals surface area contributed by atoms with Gasteiger partial charge in [-0.15, -0.1) is 0 Å². The van der Waals surface area contributed by atoms with Crippen molar-refractivity contribution in [1.82, 2.24) is 9.80 Å². The zero-order chi connectivity index (χ0) is 18.4. The Morgan fingerprint density at radius 3 is 2.65 bits per heavy atom. The third kappa shape index (κ3) is 2.40. The Morgan fingerprint density at radius 2 is 1.92 bits per heavy atom. The lowest BCUT2D eigenvalue weighted by Crippen LogP contribution is -2.45. The van der Waals surface area contributed by atoms with Gasteiger partial charge in [0.25, 0.3) is 5.91 Å². The van der Waals surface area contributed by atoms with Crippen LogP contribution in [0.4, 0.5) is 4.79 Å². The van der Waals surface area contributed by atoms with Crippen molar-refractivity contribution in [2.75, 3.05) is 13.1 Å². The topological polar surface area (TPSA) is 101 Å². The van der Waals surface area contributed by atoms with Crippen LogP contribution in [0.2, 0.25) is 0 Å². The molecule has 2 aromatic carbocycles. The summed E-state index contributed by atoms with van der Waals surface area (Å²) in [4.78, 5) is 26.9. The second kappa shape index (κ2) is 6.03. The molecular weight excluding hydrogens is 336 g/mol. The van der Waals surface area contributed by atoms with E-state index in [1.807, 2.05) is 6.07 Å². The fraction of sp³-hybridized carbons (Fsp3) is 0.263. The number of amides is 2. The Hall–Kier alpha value is -3.06. The fourth-order valence-electron chi connectivity index (χ4n) is 3.89.